The number of nitrogens with one attached hydrogen (secondary N) is 2. The van der Waals surface area contributed by atoms with Gasteiger partial charge >= 0.3 is 0 Å². The van der Waals surface area contributed by atoms with Crippen LogP contribution in [0.15, 0.2) is 17.5 Å². The van der Waals surface area contributed by atoms with Crippen molar-refractivity contribution in [1.29, 1.82) is 0 Å². The van der Waals surface area contributed by atoms with Crippen molar-refractivity contribution in [1.82, 2.24) is 10.6 Å². The van der Waals surface area contributed by atoms with Crippen molar-refractivity contribution in [2.75, 3.05) is 13.1 Å². The van der Waals surface area contributed by atoms with Crippen LogP contribution in [-0.2, 0) is 4.79 Å². The van der Waals surface area contributed by atoms with Crippen LogP contribution in [0.4, 0.5) is 0 Å². The molecular weight excluding hydrogens is 280 g/mol. The molecule has 1 aromatic rings. The summed E-state index contributed by atoms with van der Waals surface area (Å²) in [6, 6.07) is 4.49. The van der Waals surface area contributed by atoms with Crippen molar-refractivity contribution in [2.24, 2.45) is 11.3 Å². The van der Waals surface area contributed by atoms with E-state index in [1.807, 2.05) is 0 Å². The van der Waals surface area contributed by atoms with Gasteiger partial charge in [0.2, 0.25) is 5.91 Å². The Labute approximate surface area is 131 Å². The molecule has 2 unspecified atom stereocenters. The fraction of sp³-hybridized carbons (Fsp3) is 0.706. The number of carbonyl (C=O) groups is 1. The molecule has 1 saturated carbocycles. The standard InChI is InChI=1S/C17H26N2OS/c1-17(9-5-10-18-12-17)16(20)19-15(13-6-2-3-7-13)14-8-4-11-21-14/h4,8,11,13,15,18H,2-3,5-7,9-10,12H2,1H3,(H,19,20). The second-order valence-electron chi connectivity index (χ2n) is 6.85. The molecule has 1 saturated heterocycles. The van der Waals surface area contributed by atoms with Gasteiger partial charge in [0.1, 0.15) is 0 Å². The molecule has 0 radical (unpaired) electrons. The van der Waals surface area contributed by atoms with E-state index in [0.29, 0.717) is 5.92 Å². The Balaban J connectivity index is 1.73. The first-order chi connectivity index (χ1) is 10.2. The van der Waals surface area contributed by atoms with Gasteiger partial charge in [-0.05, 0) is 56.5 Å². The summed E-state index contributed by atoms with van der Waals surface area (Å²) in [5.41, 5.74) is -0.244. The maximum absolute atomic E-state index is 12.8. The van der Waals surface area contributed by atoms with Crippen molar-refractivity contribution in [3.05, 3.63) is 22.4 Å². The lowest BCUT2D eigenvalue weighted by atomic mass is 9.81. The van der Waals surface area contributed by atoms with E-state index in [4.69, 9.17) is 0 Å². The average Bonchev–Trinajstić information content (AvgIpc) is 3.18. The van der Waals surface area contributed by atoms with Gasteiger partial charge in [-0.25, -0.2) is 0 Å². The highest BCUT2D eigenvalue weighted by molar-refractivity contribution is 7.10. The van der Waals surface area contributed by atoms with Gasteiger partial charge in [-0.2, -0.15) is 0 Å². The molecule has 1 aliphatic carbocycles. The first kappa shape index (κ1) is 15.0. The van der Waals surface area contributed by atoms with Crippen molar-refractivity contribution in [3.63, 3.8) is 0 Å². The highest BCUT2D eigenvalue weighted by Gasteiger charge is 2.37. The highest BCUT2D eigenvalue weighted by atomic mass is 32.1. The lowest BCUT2D eigenvalue weighted by Gasteiger charge is -2.35. The second kappa shape index (κ2) is 6.49. The van der Waals surface area contributed by atoms with Crippen LogP contribution in [0.2, 0.25) is 0 Å². The van der Waals surface area contributed by atoms with Gasteiger partial charge in [0.05, 0.1) is 11.5 Å². The van der Waals surface area contributed by atoms with Crippen molar-refractivity contribution in [2.45, 2.75) is 51.5 Å². The Kier molecular flexibility index (Phi) is 4.65. The van der Waals surface area contributed by atoms with Gasteiger partial charge in [-0.15, -0.1) is 11.3 Å². The number of amides is 1. The van der Waals surface area contributed by atoms with Gasteiger partial charge in [0.25, 0.3) is 0 Å². The van der Waals surface area contributed by atoms with Gasteiger partial charge in [0, 0.05) is 11.4 Å². The van der Waals surface area contributed by atoms with Crippen molar-refractivity contribution in [3.8, 4) is 0 Å². The van der Waals surface area contributed by atoms with E-state index in [1.165, 1.54) is 30.6 Å². The minimum Gasteiger partial charge on any atom is -0.348 e. The Morgan fingerprint density at radius 1 is 1.43 bits per heavy atom. The molecule has 1 amide bonds. The Bertz CT molecular complexity index is 459. The summed E-state index contributed by atoms with van der Waals surface area (Å²) in [6.45, 7) is 3.95. The van der Waals surface area contributed by atoms with Crippen LogP contribution < -0.4 is 10.6 Å². The van der Waals surface area contributed by atoms with E-state index in [0.717, 1.165) is 25.9 Å². The predicted molar refractivity (Wildman–Crippen MR) is 87.4 cm³/mol. The van der Waals surface area contributed by atoms with Crippen LogP contribution in [-0.4, -0.2) is 19.0 Å². The molecule has 0 spiro atoms. The molecule has 2 aliphatic rings. The average molecular weight is 306 g/mol. The highest BCUT2D eigenvalue weighted by Crippen LogP contribution is 2.38. The largest absolute Gasteiger partial charge is 0.348 e. The number of carbonyl (C=O) groups excluding carboxylic acids is 1. The zero-order chi connectivity index (χ0) is 14.7. The number of rotatable bonds is 4. The zero-order valence-electron chi connectivity index (χ0n) is 12.9. The maximum atomic E-state index is 12.8. The first-order valence-corrected chi connectivity index (χ1v) is 9.12. The molecule has 1 aliphatic heterocycles. The monoisotopic (exact) mass is 306 g/mol. The molecule has 3 rings (SSSR count). The molecule has 0 aromatic carbocycles. The zero-order valence-corrected chi connectivity index (χ0v) is 13.7. The fourth-order valence-corrected chi connectivity index (χ4v) is 4.62. The molecule has 2 N–H and O–H groups in total. The molecule has 116 valence electrons. The van der Waals surface area contributed by atoms with Gasteiger partial charge in [0.15, 0.2) is 0 Å². The van der Waals surface area contributed by atoms with Crippen LogP contribution in [0.25, 0.3) is 0 Å². The van der Waals surface area contributed by atoms with E-state index < -0.39 is 0 Å². The van der Waals surface area contributed by atoms with Crippen LogP contribution in [0, 0.1) is 11.3 Å². The lowest BCUT2D eigenvalue weighted by Crippen LogP contribution is -2.50. The molecule has 0 bridgehead atoms. The molecule has 4 heteroatoms. The van der Waals surface area contributed by atoms with Gasteiger partial charge < -0.3 is 10.6 Å². The van der Waals surface area contributed by atoms with E-state index in [9.17, 15) is 4.79 Å². The van der Waals surface area contributed by atoms with E-state index in [1.54, 1.807) is 11.3 Å². The van der Waals surface area contributed by atoms with Crippen LogP contribution >= 0.6 is 11.3 Å². The summed E-state index contributed by atoms with van der Waals surface area (Å²) in [7, 11) is 0. The quantitative estimate of drug-likeness (QED) is 0.894. The van der Waals surface area contributed by atoms with E-state index in [2.05, 4.69) is 35.1 Å². The Morgan fingerprint density at radius 3 is 2.86 bits per heavy atom. The van der Waals surface area contributed by atoms with E-state index in [-0.39, 0.29) is 17.4 Å². The smallest absolute Gasteiger partial charge is 0.227 e. The predicted octanol–water partition coefficient (Wildman–Crippen LogP) is 3.49. The van der Waals surface area contributed by atoms with Crippen molar-refractivity contribution < 1.29 is 4.79 Å². The lowest BCUT2D eigenvalue weighted by molar-refractivity contribution is -0.132. The third-order valence-electron chi connectivity index (χ3n) is 5.15. The minimum atomic E-state index is -0.244. The molecular formula is C17H26N2OS. The van der Waals surface area contributed by atoms with Crippen LogP contribution in [0.3, 0.4) is 0 Å². The van der Waals surface area contributed by atoms with Gasteiger partial charge in [-0.1, -0.05) is 18.9 Å². The Hall–Kier alpha value is -0.870. The molecule has 21 heavy (non-hydrogen) atoms. The third-order valence-corrected chi connectivity index (χ3v) is 6.11. The van der Waals surface area contributed by atoms with E-state index >= 15 is 0 Å². The summed E-state index contributed by atoms with van der Waals surface area (Å²) in [4.78, 5) is 14.2. The fourth-order valence-electron chi connectivity index (χ4n) is 3.75. The van der Waals surface area contributed by atoms with Gasteiger partial charge in [-0.3, -0.25) is 4.79 Å². The first-order valence-electron chi connectivity index (χ1n) is 8.24. The molecule has 2 fully saturated rings. The normalized spacial score (nSPS) is 28.4. The maximum Gasteiger partial charge on any atom is 0.227 e. The summed E-state index contributed by atoms with van der Waals surface area (Å²) in [5, 5.41) is 8.90. The summed E-state index contributed by atoms with van der Waals surface area (Å²) < 4.78 is 0. The Morgan fingerprint density at radius 2 is 2.24 bits per heavy atom. The van der Waals surface area contributed by atoms with Crippen LogP contribution in [0.1, 0.15) is 56.4 Å². The molecule has 3 nitrogen and oxygen atoms in total. The topological polar surface area (TPSA) is 41.1 Å². The molecule has 2 heterocycles. The third kappa shape index (κ3) is 3.32. The number of hydrogen-bond acceptors (Lipinski definition) is 3. The molecule has 1 aromatic heterocycles. The second-order valence-corrected chi connectivity index (χ2v) is 7.83. The minimum absolute atomic E-state index is 0.221. The summed E-state index contributed by atoms with van der Waals surface area (Å²) >= 11 is 1.78. The van der Waals surface area contributed by atoms with Crippen LogP contribution in [0.5, 0.6) is 0 Å². The summed E-state index contributed by atoms with van der Waals surface area (Å²) in [6.07, 6.45) is 7.20. The number of hydrogen-bond donors (Lipinski definition) is 2. The molecule has 2 atom stereocenters. The number of piperidine rings is 1. The number of thiophene rings is 1. The van der Waals surface area contributed by atoms with Crippen molar-refractivity contribution >= 4 is 17.2 Å². The SMILES string of the molecule is CC1(C(=O)NC(c2cccs2)C2CCCC2)CCCNC1. The summed E-state index contributed by atoms with van der Waals surface area (Å²) in [5.74, 6) is 0.854.